The van der Waals surface area contributed by atoms with Crippen LogP contribution in [0.3, 0.4) is 0 Å². The summed E-state index contributed by atoms with van der Waals surface area (Å²) < 4.78 is 22.4. The fraction of sp³-hybridized carbons (Fsp3) is 0.174. The SMILES string of the molecule is COc1cccc(COC(=O)c2cc(Br)cc(OCc3cccc(OC)c3)c2)c1. The zero-order valence-electron chi connectivity index (χ0n) is 16.2. The molecular formula is C23H21BrO5. The molecule has 0 saturated carbocycles. The van der Waals surface area contributed by atoms with E-state index in [1.54, 1.807) is 32.4 Å². The molecule has 29 heavy (non-hydrogen) atoms. The maximum absolute atomic E-state index is 12.5. The van der Waals surface area contributed by atoms with Crippen LogP contribution in [0.5, 0.6) is 17.2 Å². The minimum absolute atomic E-state index is 0.155. The summed E-state index contributed by atoms with van der Waals surface area (Å²) in [5.74, 6) is 1.62. The highest BCUT2D eigenvalue weighted by molar-refractivity contribution is 9.10. The number of ether oxygens (including phenoxy) is 4. The second kappa shape index (κ2) is 9.98. The van der Waals surface area contributed by atoms with Crippen molar-refractivity contribution in [2.24, 2.45) is 0 Å². The van der Waals surface area contributed by atoms with Gasteiger partial charge in [0.05, 0.1) is 19.8 Å². The highest BCUT2D eigenvalue weighted by Crippen LogP contribution is 2.24. The van der Waals surface area contributed by atoms with Crippen molar-refractivity contribution in [3.8, 4) is 17.2 Å². The number of halogens is 1. The van der Waals surface area contributed by atoms with Crippen LogP contribution in [0, 0.1) is 0 Å². The Labute approximate surface area is 178 Å². The standard InChI is InChI=1S/C23H21BrO5/c1-26-20-7-3-5-16(9-20)14-28-22-12-18(11-19(24)13-22)23(25)29-15-17-6-4-8-21(10-17)27-2/h3-13H,14-15H2,1-2H3. The van der Waals surface area contributed by atoms with Crippen molar-refractivity contribution in [3.63, 3.8) is 0 Å². The number of methoxy groups -OCH3 is 2. The van der Waals surface area contributed by atoms with Crippen LogP contribution < -0.4 is 14.2 Å². The first-order valence-electron chi connectivity index (χ1n) is 8.94. The van der Waals surface area contributed by atoms with Gasteiger partial charge in [-0.3, -0.25) is 0 Å². The largest absolute Gasteiger partial charge is 0.497 e. The second-order valence-corrected chi connectivity index (χ2v) is 7.16. The third-order valence-corrected chi connectivity index (χ3v) is 4.61. The molecule has 3 aromatic carbocycles. The van der Waals surface area contributed by atoms with E-state index in [1.807, 2.05) is 48.5 Å². The summed E-state index contributed by atoms with van der Waals surface area (Å²) in [6, 6.07) is 20.2. The summed E-state index contributed by atoms with van der Waals surface area (Å²) in [6.07, 6.45) is 0. The summed E-state index contributed by atoms with van der Waals surface area (Å²) in [6.45, 7) is 0.508. The van der Waals surface area contributed by atoms with Crippen LogP contribution in [0.15, 0.2) is 71.2 Å². The van der Waals surface area contributed by atoms with Crippen LogP contribution in [0.2, 0.25) is 0 Å². The number of benzene rings is 3. The third kappa shape index (κ3) is 5.99. The fourth-order valence-electron chi connectivity index (χ4n) is 2.69. The number of carbonyl (C=O) groups excluding carboxylic acids is 1. The van der Waals surface area contributed by atoms with E-state index in [0.717, 1.165) is 21.3 Å². The molecule has 0 atom stereocenters. The van der Waals surface area contributed by atoms with Crippen LogP contribution in [0.1, 0.15) is 21.5 Å². The van der Waals surface area contributed by atoms with E-state index < -0.39 is 5.97 Å². The van der Waals surface area contributed by atoms with Crippen LogP contribution in [-0.4, -0.2) is 20.2 Å². The summed E-state index contributed by atoms with van der Waals surface area (Å²) in [7, 11) is 3.22. The molecule has 0 bridgehead atoms. The molecule has 0 unspecified atom stereocenters. The van der Waals surface area contributed by atoms with Crippen molar-refractivity contribution in [2.45, 2.75) is 13.2 Å². The van der Waals surface area contributed by atoms with Crippen molar-refractivity contribution >= 4 is 21.9 Å². The molecule has 0 radical (unpaired) electrons. The van der Waals surface area contributed by atoms with Gasteiger partial charge in [0, 0.05) is 4.47 Å². The average molecular weight is 457 g/mol. The van der Waals surface area contributed by atoms with E-state index in [4.69, 9.17) is 18.9 Å². The van der Waals surface area contributed by atoms with Gasteiger partial charge in [0.2, 0.25) is 0 Å². The van der Waals surface area contributed by atoms with Crippen molar-refractivity contribution in [3.05, 3.63) is 87.9 Å². The number of hydrogen-bond acceptors (Lipinski definition) is 5. The summed E-state index contributed by atoms with van der Waals surface area (Å²) >= 11 is 3.42. The Morgan fingerprint density at radius 1 is 0.793 bits per heavy atom. The monoisotopic (exact) mass is 456 g/mol. The summed E-state index contributed by atoms with van der Waals surface area (Å²) in [4.78, 5) is 12.5. The highest BCUT2D eigenvalue weighted by atomic mass is 79.9. The second-order valence-electron chi connectivity index (χ2n) is 6.24. The summed E-state index contributed by atoms with van der Waals surface area (Å²) in [5, 5.41) is 0. The van der Waals surface area contributed by atoms with E-state index in [0.29, 0.717) is 23.7 Å². The molecule has 0 heterocycles. The normalized spacial score (nSPS) is 10.3. The van der Waals surface area contributed by atoms with Crippen LogP contribution in [0.4, 0.5) is 0 Å². The molecule has 0 amide bonds. The minimum Gasteiger partial charge on any atom is -0.497 e. The molecule has 0 aromatic heterocycles. The van der Waals surface area contributed by atoms with Gasteiger partial charge in [-0.1, -0.05) is 40.2 Å². The highest BCUT2D eigenvalue weighted by Gasteiger charge is 2.11. The van der Waals surface area contributed by atoms with E-state index in [9.17, 15) is 4.79 Å². The first-order valence-corrected chi connectivity index (χ1v) is 9.73. The Kier molecular flexibility index (Phi) is 7.14. The van der Waals surface area contributed by atoms with Gasteiger partial charge < -0.3 is 18.9 Å². The minimum atomic E-state index is -0.430. The van der Waals surface area contributed by atoms with E-state index >= 15 is 0 Å². The first-order chi connectivity index (χ1) is 14.1. The van der Waals surface area contributed by atoms with Crippen LogP contribution >= 0.6 is 15.9 Å². The van der Waals surface area contributed by atoms with Crippen LogP contribution in [-0.2, 0) is 18.0 Å². The van der Waals surface area contributed by atoms with Crippen molar-refractivity contribution in [1.29, 1.82) is 0 Å². The Bertz CT molecular complexity index is 987. The quantitative estimate of drug-likeness (QED) is 0.424. The zero-order valence-corrected chi connectivity index (χ0v) is 17.8. The molecule has 0 aliphatic heterocycles. The Hall–Kier alpha value is -2.99. The molecule has 0 fully saturated rings. The van der Waals surface area contributed by atoms with Crippen LogP contribution in [0.25, 0.3) is 0 Å². The number of esters is 1. The summed E-state index contributed by atoms with van der Waals surface area (Å²) in [5.41, 5.74) is 2.22. The lowest BCUT2D eigenvalue weighted by atomic mass is 10.2. The third-order valence-electron chi connectivity index (χ3n) is 4.15. The van der Waals surface area contributed by atoms with E-state index in [1.165, 1.54) is 0 Å². The molecule has 6 heteroatoms. The Morgan fingerprint density at radius 2 is 1.41 bits per heavy atom. The lowest BCUT2D eigenvalue weighted by molar-refractivity contribution is 0.0472. The van der Waals surface area contributed by atoms with Crippen molar-refractivity contribution in [1.82, 2.24) is 0 Å². The predicted octanol–water partition coefficient (Wildman–Crippen LogP) is 5.40. The van der Waals surface area contributed by atoms with Gasteiger partial charge in [0.25, 0.3) is 0 Å². The zero-order chi connectivity index (χ0) is 20.6. The maximum Gasteiger partial charge on any atom is 0.338 e. The molecule has 0 saturated heterocycles. The molecule has 5 nitrogen and oxygen atoms in total. The molecule has 0 N–H and O–H groups in total. The molecule has 3 aromatic rings. The Morgan fingerprint density at radius 3 is 2.03 bits per heavy atom. The number of rotatable bonds is 8. The number of carbonyl (C=O) groups is 1. The molecule has 0 spiro atoms. The van der Waals surface area contributed by atoms with Gasteiger partial charge in [0.15, 0.2) is 0 Å². The smallest absolute Gasteiger partial charge is 0.338 e. The average Bonchev–Trinajstić information content (AvgIpc) is 2.76. The Balaban J connectivity index is 1.65. The fourth-order valence-corrected chi connectivity index (χ4v) is 3.16. The predicted molar refractivity (Wildman–Crippen MR) is 114 cm³/mol. The first kappa shape index (κ1) is 20.7. The topological polar surface area (TPSA) is 54.0 Å². The van der Waals surface area contributed by atoms with Crippen molar-refractivity contribution < 1.29 is 23.7 Å². The van der Waals surface area contributed by atoms with Gasteiger partial charge in [-0.25, -0.2) is 4.79 Å². The van der Waals surface area contributed by atoms with Gasteiger partial charge >= 0.3 is 5.97 Å². The van der Waals surface area contributed by atoms with E-state index in [-0.39, 0.29) is 6.61 Å². The molecule has 3 rings (SSSR count). The van der Waals surface area contributed by atoms with Crippen molar-refractivity contribution in [2.75, 3.05) is 14.2 Å². The lowest BCUT2D eigenvalue weighted by Crippen LogP contribution is -2.06. The van der Waals surface area contributed by atoms with Gasteiger partial charge in [-0.15, -0.1) is 0 Å². The van der Waals surface area contributed by atoms with Gasteiger partial charge in [0.1, 0.15) is 30.5 Å². The molecule has 0 aliphatic carbocycles. The molecule has 150 valence electrons. The number of hydrogen-bond donors (Lipinski definition) is 0. The molecule has 0 aliphatic rings. The van der Waals surface area contributed by atoms with Gasteiger partial charge in [-0.2, -0.15) is 0 Å². The molecular weight excluding hydrogens is 436 g/mol. The lowest BCUT2D eigenvalue weighted by Gasteiger charge is -2.11. The van der Waals surface area contributed by atoms with Gasteiger partial charge in [-0.05, 0) is 53.6 Å². The van der Waals surface area contributed by atoms with E-state index in [2.05, 4.69) is 15.9 Å². The maximum atomic E-state index is 12.5.